The van der Waals surface area contributed by atoms with Crippen molar-refractivity contribution in [2.75, 3.05) is 28.0 Å². The van der Waals surface area contributed by atoms with E-state index in [0.29, 0.717) is 17.3 Å². The van der Waals surface area contributed by atoms with Crippen LogP contribution in [0.15, 0.2) is 53.4 Å². The fourth-order valence-corrected chi connectivity index (χ4v) is 4.81. The van der Waals surface area contributed by atoms with E-state index < -0.39 is 10.0 Å². The number of benzene rings is 2. The summed E-state index contributed by atoms with van der Waals surface area (Å²) in [6.07, 6.45) is 0. The molecule has 0 radical (unpaired) electrons. The summed E-state index contributed by atoms with van der Waals surface area (Å²) >= 11 is 11.9. The van der Waals surface area contributed by atoms with Crippen molar-refractivity contribution in [3.63, 3.8) is 0 Å². The highest BCUT2D eigenvalue weighted by Gasteiger charge is 2.18. The first-order valence-electron chi connectivity index (χ1n) is 9.67. The van der Waals surface area contributed by atoms with E-state index in [1.807, 2.05) is 13.0 Å². The summed E-state index contributed by atoms with van der Waals surface area (Å²) in [6, 6.07) is 13.0. The summed E-state index contributed by atoms with van der Waals surface area (Å²) in [7, 11) is -3.88. The first-order valence-corrected chi connectivity index (χ1v) is 11.9. The molecule has 0 aliphatic heterocycles. The molecule has 0 saturated heterocycles. The quantitative estimate of drug-likeness (QED) is 0.444. The van der Waals surface area contributed by atoms with Gasteiger partial charge in [0.1, 0.15) is 22.4 Å². The van der Waals surface area contributed by atoms with E-state index in [1.54, 1.807) is 24.3 Å². The number of hydrogen-bond donors (Lipinski definition) is 2. The zero-order valence-electron chi connectivity index (χ0n) is 17.4. The molecule has 1 heterocycles. The Morgan fingerprint density at radius 1 is 0.935 bits per heavy atom. The van der Waals surface area contributed by atoms with Gasteiger partial charge in [-0.2, -0.15) is 0 Å². The highest BCUT2D eigenvalue weighted by molar-refractivity contribution is 7.92. The van der Waals surface area contributed by atoms with Gasteiger partial charge in [-0.05, 0) is 63.2 Å². The predicted octanol–water partition coefficient (Wildman–Crippen LogP) is 5.48. The molecule has 0 fully saturated rings. The van der Waals surface area contributed by atoms with Gasteiger partial charge in [0.25, 0.3) is 10.0 Å². The molecule has 1 aromatic heterocycles. The second-order valence-corrected chi connectivity index (χ2v) is 9.21. The zero-order chi connectivity index (χ0) is 22.6. The van der Waals surface area contributed by atoms with Crippen LogP contribution in [0.25, 0.3) is 0 Å². The Bertz CT molecular complexity index is 1170. The molecule has 0 amide bonds. The lowest BCUT2D eigenvalue weighted by atomic mass is 10.3. The molecule has 164 valence electrons. The van der Waals surface area contributed by atoms with E-state index in [1.165, 1.54) is 18.2 Å². The van der Waals surface area contributed by atoms with Crippen molar-refractivity contribution >= 4 is 56.2 Å². The molecule has 0 saturated carbocycles. The fourth-order valence-electron chi connectivity index (χ4n) is 2.99. The second kappa shape index (κ2) is 9.72. The topological polar surface area (TPSA) is 87.2 Å². The molecule has 3 aromatic rings. The highest BCUT2D eigenvalue weighted by Crippen LogP contribution is 2.27. The third-order valence-corrected chi connectivity index (χ3v) is 6.60. The summed E-state index contributed by atoms with van der Waals surface area (Å²) < 4.78 is 27.8. The molecule has 3 rings (SSSR count). The van der Waals surface area contributed by atoms with Crippen LogP contribution in [0.4, 0.5) is 23.0 Å². The van der Waals surface area contributed by atoms with Gasteiger partial charge in [0, 0.05) is 35.6 Å². The van der Waals surface area contributed by atoms with E-state index in [0.717, 1.165) is 24.6 Å². The van der Waals surface area contributed by atoms with Crippen LogP contribution in [0, 0.1) is 6.92 Å². The molecule has 0 atom stereocenters. The summed E-state index contributed by atoms with van der Waals surface area (Å²) in [4.78, 5) is 11.0. The van der Waals surface area contributed by atoms with Gasteiger partial charge in [0.2, 0.25) is 0 Å². The maximum Gasteiger partial charge on any atom is 0.263 e. The van der Waals surface area contributed by atoms with Crippen molar-refractivity contribution in [2.24, 2.45) is 0 Å². The molecule has 2 aromatic carbocycles. The predicted molar refractivity (Wildman–Crippen MR) is 127 cm³/mol. The second-order valence-electron chi connectivity index (χ2n) is 6.71. The van der Waals surface area contributed by atoms with Gasteiger partial charge in [0.05, 0.1) is 5.02 Å². The highest BCUT2D eigenvalue weighted by atomic mass is 35.5. The molecule has 0 unspecified atom stereocenters. The third kappa shape index (κ3) is 5.78. The zero-order valence-corrected chi connectivity index (χ0v) is 19.7. The van der Waals surface area contributed by atoms with Crippen molar-refractivity contribution in [2.45, 2.75) is 25.7 Å². The Kier molecular flexibility index (Phi) is 7.25. The lowest BCUT2D eigenvalue weighted by molar-refractivity contribution is 0.601. The maximum absolute atomic E-state index is 12.7. The molecule has 31 heavy (non-hydrogen) atoms. The lowest BCUT2D eigenvalue weighted by Gasteiger charge is -2.20. The fraction of sp³-hybridized carbons (Fsp3) is 0.238. The summed E-state index contributed by atoms with van der Waals surface area (Å²) in [5.74, 6) is 2.17. The van der Waals surface area contributed by atoms with Crippen LogP contribution in [0.2, 0.25) is 10.0 Å². The van der Waals surface area contributed by atoms with E-state index >= 15 is 0 Å². The van der Waals surface area contributed by atoms with Crippen molar-refractivity contribution in [1.29, 1.82) is 0 Å². The number of aromatic nitrogens is 2. The number of anilines is 4. The van der Waals surface area contributed by atoms with Gasteiger partial charge in [-0.1, -0.05) is 23.2 Å². The Balaban J connectivity index is 1.77. The van der Waals surface area contributed by atoms with E-state index in [4.69, 9.17) is 23.2 Å². The Morgan fingerprint density at radius 3 is 2.23 bits per heavy atom. The normalized spacial score (nSPS) is 11.3. The van der Waals surface area contributed by atoms with Crippen LogP contribution >= 0.6 is 23.2 Å². The number of nitrogens with one attached hydrogen (secondary N) is 2. The van der Waals surface area contributed by atoms with Crippen LogP contribution in [0.3, 0.4) is 0 Å². The maximum atomic E-state index is 12.7. The molecule has 0 aliphatic rings. The van der Waals surface area contributed by atoms with Crippen LogP contribution in [0.1, 0.15) is 19.7 Å². The minimum atomic E-state index is -3.88. The number of halogens is 2. The monoisotopic (exact) mass is 479 g/mol. The Morgan fingerprint density at radius 2 is 1.58 bits per heavy atom. The molecule has 0 aliphatic carbocycles. The van der Waals surface area contributed by atoms with Gasteiger partial charge in [-0.15, -0.1) is 0 Å². The standard InChI is InChI=1S/C21H23Cl2N5O2S/c1-4-28(5-2)21-13-20(24-14(3)25-21)26-16-7-9-17(10-8-16)27-31(29,30)19-12-15(22)6-11-18(19)23/h6-13,27H,4-5H2,1-3H3,(H,24,25,26). The first-order chi connectivity index (χ1) is 14.7. The van der Waals surface area contributed by atoms with Crippen LogP contribution in [-0.4, -0.2) is 31.5 Å². The van der Waals surface area contributed by atoms with Gasteiger partial charge < -0.3 is 10.2 Å². The van der Waals surface area contributed by atoms with E-state index in [9.17, 15) is 8.42 Å². The largest absolute Gasteiger partial charge is 0.357 e. The lowest BCUT2D eigenvalue weighted by Crippen LogP contribution is -2.23. The SMILES string of the molecule is CCN(CC)c1cc(Nc2ccc(NS(=O)(=O)c3cc(Cl)ccc3Cl)cc2)nc(C)n1. The number of hydrogen-bond acceptors (Lipinski definition) is 6. The average molecular weight is 480 g/mol. The van der Waals surface area contributed by atoms with Gasteiger partial charge in [-0.25, -0.2) is 18.4 Å². The molecule has 10 heteroatoms. The Labute approximate surface area is 192 Å². The average Bonchev–Trinajstić information content (AvgIpc) is 2.71. The molecular formula is C21H23Cl2N5O2S. The minimum absolute atomic E-state index is 0.0794. The van der Waals surface area contributed by atoms with E-state index in [-0.39, 0.29) is 14.9 Å². The van der Waals surface area contributed by atoms with Crippen molar-refractivity contribution in [3.8, 4) is 0 Å². The van der Waals surface area contributed by atoms with Gasteiger partial charge in [-0.3, -0.25) is 4.72 Å². The third-order valence-electron chi connectivity index (χ3n) is 4.50. The van der Waals surface area contributed by atoms with Crippen LogP contribution in [-0.2, 0) is 10.0 Å². The van der Waals surface area contributed by atoms with Crippen molar-refractivity contribution < 1.29 is 8.42 Å². The first kappa shape index (κ1) is 23.1. The number of nitrogens with zero attached hydrogens (tertiary/aromatic N) is 3. The smallest absolute Gasteiger partial charge is 0.263 e. The molecular weight excluding hydrogens is 457 g/mol. The summed E-state index contributed by atoms with van der Waals surface area (Å²) in [5, 5.41) is 3.61. The molecule has 2 N–H and O–H groups in total. The van der Waals surface area contributed by atoms with Gasteiger partial charge >= 0.3 is 0 Å². The minimum Gasteiger partial charge on any atom is -0.357 e. The number of sulfonamides is 1. The summed E-state index contributed by atoms with van der Waals surface area (Å²) in [5.41, 5.74) is 1.15. The van der Waals surface area contributed by atoms with Crippen LogP contribution in [0.5, 0.6) is 0 Å². The van der Waals surface area contributed by atoms with Crippen LogP contribution < -0.4 is 14.9 Å². The summed E-state index contributed by atoms with van der Waals surface area (Å²) in [6.45, 7) is 7.68. The Hall–Kier alpha value is -2.55. The molecule has 7 nitrogen and oxygen atoms in total. The molecule has 0 bridgehead atoms. The van der Waals surface area contributed by atoms with Gasteiger partial charge in [0.15, 0.2) is 0 Å². The van der Waals surface area contributed by atoms with Crippen molar-refractivity contribution in [1.82, 2.24) is 9.97 Å². The number of rotatable bonds is 8. The molecule has 0 spiro atoms. The number of aryl methyl sites for hydroxylation is 1. The van der Waals surface area contributed by atoms with Crippen molar-refractivity contribution in [3.05, 3.63) is 64.4 Å². The van der Waals surface area contributed by atoms with E-state index in [2.05, 4.69) is 38.8 Å².